The van der Waals surface area contributed by atoms with E-state index in [1.165, 1.54) is 23.8 Å². The van der Waals surface area contributed by atoms with Gasteiger partial charge >= 0.3 is 0 Å². The van der Waals surface area contributed by atoms with Gasteiger partial charge in [0.05, 0.1) is 11.9 Å². The van der Waals surface area contributed by atoms with Crippen LogP contribution in [0, 0.1) is 5.82 Å². The van der Waals surface area contributed by atoms with Crippen molar-refractivity contribution in [3.63, 3.8) is 0 Å². The molecule has 0 heterocycles. The molecule has 0 aromatic heterocycles. The molecule has 7 heteroatoms. The van der Waals surface area contributed by atoms with Crippen LogP contribution in [0.4, 0.5) is 10.1 Å². The highest BCUT2D eigenvalue weighted by atomic mass is 32.2. The Balaban J connectivity index is 2.30. The lowest BCUT2D eigenvalue weighted by Gasteiger charge is -2.30. The molecule has 0 bridgehead atoms. The number of hydrogen-bond acceptors (Lipinski definition) is 3. The smallest absolute Gasteiger partial charge is 0.244 e. The van der Waals surface area contributed by atoms with E-state index in [-0.39, 0.29) is 12.1 Å². The van der Waals surface area contributed by atoms with Crippen molar-refractivity contribution in [2.24, 2.45) is 0 Å². The van der Waals surface area contributed by atoms with Crippen molar-refractivity contribution in [2.75, 3.05) is 10.6 Å². The average Bonchev–Trinajstić information content (AvgIpc) is 2.69. The van der Waals surface area contributed by atoms with Crippen LogP contribution in [0.15, 0.2) is 42.5 Å². The molecule has 158 valence electrons. The van der Waals surface area contributed by atoms with Crippen molar-refractivity contribution in [3.05, 3.63) is 65.0 Å². The summed E-state index contributed by atoms with van der Waals surface area (Å²) in [6.45, 7) is 6.11. The maximum atomic E-state index is 14.3. The van der Waals surface area contributed by atoms with Crippen LogP contribution < -0.4 is 9.62 Å². The molecule has 29 heavy (non-hydrogen) atoms. The maximum Gasteiger partial charge on any atom is 0.244 e. The number of aryl methyl sites for hydroxylation is 2. The molecular formula is C22H29FN2O3S. The fourth-order valence-electron chi connectivity index (χ4n) is 3.37. The third-order valence-electron chi connectivity index (χ3n) is 4.93. The summed E-state index contributed by atoms with van der Waals surface area (Å²) >= 11 is 0. The Morgan fingerprint density at radius 1 is 1.07 bits per heavy atom. The number of anilines is 1. The minimum Gasteiger partial charge on any atom is -0.350 e. The van der Waals surface area contributed by atoms with E-state index < -0.39 is 27.8 Å². The highest BCUT2D eigenvalue weighted by Gasteiger charge is 2.33. The number of benzene rings is 2. The van der Waals surface area contributed by atoms with Crippen molar-refractivity contribution in [1.29, 1.82) is 0 Å². The van der Waals surface area contributed by atoms with Crippen LogP contribution in [-0.4, -0.2) is 26.6 Å². The molecule has 0 aliphatic carbocycles. The number of nitrogens with one attached hydrogen (secondary N) is 1. The van der Waals surface area contributed by atoms with Gasteiger partial charge in [-0.05, 0) is 48.1 Å². The Labute approximate surface area is 173 Å². The van der Waals surface area contributed by atoms with Gasteiger partial charge < -0.3 is 5.32 Å². The van der Waals surface area contributed by atoms with Gasteiger partial charge in [0.15, 0.2) is 0 Å². The van der Waals surface area contributed by atoms with E-state index >= 15 is 0 Å². The first-order valence-electron chi connectivity index (χ1n) is 9.85. The van der Waals surface area contributed by atoms with Gasteiger partial charge in [0.25, 0.3) is 0 Å². The molecule has 0 unspecified atom stereocenters. The zero-order chi connectivity index (χ0) is 21.6. The summed E-state index contributed by atoms with van der Waals surface area (Å²) in [7, 11) is -3.87. The molecule has 0 fully saturated rings. The van der Waals surface area contributed by atoms with Gasteiger partial charge in [0, 0.05) is 6.54 Å². The number of sulfonamides is 1. The van der Waals surface area contributed by atoms with E-state index in [0.29, 0.717) is 6.54 Å². The molecule has 5 nitrogen and oxygen atoms in total. The molecular weight excluding hydrogens is 391 g/mol. The molecule has 1 N–H and O–H groups in total. The average molecular weight is 421 g/mol. The predicted octanol–water partition coefficient (Wildman–Crippen LogP) is 3.81. The first-order valence-corrected chi connectivity index (χ1v) is 11.7. The Morgan fingerprint density at radius 3 is 2.31 bits per heavy atom. The number of halogens is 1. The first kappa shape index (κ1) is 22.9. The zero-order valence-electron chi connectivity index (χ0n) is 17.4. The number of rotatable bonds is 9. The lowest BCUT2D eigenvalue weighted by molar-refractivity contribution is -0.122. The van der Waals surface area contributed by atoms with Gasteiger partial charge in [0.2, 0.25) is 15.9 Å². The molecule has 0 saturated heterocycles. The Hall–Kier alpha value is -2.41. The lowest BCUT2D eigenvalue weighted by Crippen LogP contribution is -2.49. The SMILES string of the molecule is CCc1ccc(CC)c(CNC(=O)[C@H](CC)N(c2ccccc2F)S(C)(=O)=O)c1. The van der Waals surface area contributed by atoms with Gasteiger partial charge in [0.1, 0.15) is 11.9 Å². The third-order valence-corrected chi connectivity index (χ3v) is 6.10. The normalized spacial score (nSPS) is 12.4. The van der Waals surface area contributed by atoms with Crippen molar-refractivity contribution < 1.29 is 17.6 Å². The zero-order valence-corrected chi connectivity index (χ0v) is 18.2. The minimum atomic E-state index is -3.87. The second-order valence-corrected chi connectivity index (χ2v) is 8.82. The number of amides is 1. The van der Waals surface area contributed by atoms with Crippen LogP contribution in [0.25, 0.3) is 0 Å². The van der Waals surface area contributed by atoms with Gasteiger partial charge in [-0.2, -0.15) is 0 Å². The van der Waals surface area contributed by atoms with E-state index in [0.717, 1.165) is 34.5 Å². The fraction of sp³-hybridized carbons (Fsp3) is 0.409. The molecule has 1 atom stereocenters. The Kier molecular flexibility index (Phi) is 7.79. The number of nitrogens with zero attached hydrogens (tertiary/aromatic N) is 1. The number of carbonyl (C=O) groups is 1. The van der Waals surface area contributed by atoms with E-state index in [2.05, 4.69) is 30.4 Å². The third kappa shape index (κ3) is 5.56. The summed E-state index contributed by atoms with van der Waals surface area (Å²) in [6, 6.07) is 10.7. The molecule has 2 aromatic carbocycles. The molecule has 0 aliphatic heterocycles. The highest BCUT2D eigenvalue weighted by molar-refractivity contribution is 7.92. The summed E-state index contributed by atoms with van der Waals surface area (Å²) < 4.78 is 40.1. The quantitative estimate of drug-likeness (QED) is 0.671. The van der Waals surface area contributed by atoms with Crippen molar-refractivity contribution in [1.82, 2.24) is 5.32 Å². The summed E-state index contributed by atoms with van der Waals surface area (Å²) in [5.41, 5.74) is 3.18. The second kappa shape index (κ2) is 9.87. The Morgan fingerprint density at radius 2 is 1.76 bits per heavy atom. The molecule has 2 aromatic rings. The molecule has 1 amide bonds. The standard InChI is InChI=1S/C22H29FN2O3S/c1-5-16-12-13-17(6-2)18(14-16)15-24-22(26)20(7-3)25(29(4,27)28)21-11-9-8-10-19(21)23/h8-14,20H,5-7,15H2,1-4H3,(H,24,26)/t20-/m0/s1. The molecule has 0 radical (unpaired) electrons. The highest BCUT2D eigenvalue weighted by Crippen LogP contribution is 2.25. The van der Waals surface area contributed by atoms with Gasteiger partial charge in [-0.3, -0.25) is 9.10 Å². The summed E-state index contributed by atoms with van der Waals surface area (Å²) in [4.78, 5) is 12.9. The van der Waals surface area contributed by atoms with Crippen LogP contribution in [-0.2, 0) is 34.2 Å². The van der Waals surface area contributed by atoms with Gasteiger partial charge in [-0.1, -0.05) is 51.1 Å². The number of hydrogen-bond donors (Lipinski definition) is 1. The van der Waals surface area contributed by atoms with Crippen molar-refractivity contribution in [2.45, 2.75) is 52.6 Å². The largest absolute Gasteiger partial charge is 0.350 e. The van der Waals surface area contributed by atoms with Crippen molar-refractivity contribution in [3.8, 4) is 0 Å². The summed E-state index contributed by atoms with van der Waals surface area (Å²) in [5, 5.41) is 2.85. The lowest BCUT2D eigenvalue weighted by atomic mass is 10.0. The summed E-state index contributed by atoms with van der Waals surface area (Å²) in [6.07, 6.45) is 2.91. The van der Waals surface area contributed by atoms with E-state index in [4.69, 9.17) is 0 Å². The molecule has 0 saturated carbocycles. The summed E-state index contributed by atoms with van der Waals surface area (Å²) in [5.74, 6) is -1.14. The number of para-hydroxylation sites is 1. The fourth-order valence-corrected chi connectivity index (χ4v) is 4.59. The molecule has 0 spiro atoms. The van der Waals surface area contributed by atoms with Crippen LogP contribution in [0.5, 0.6) is 0 Å². The number of carbonyl (C=O) groups excluding carboxylic acids is 1. The Bertz CT molecular complexity index is 960. The topological polar surface area (TPSA) is 66.5 Å². The van der Waals surface area contributed by atoms with Gasteiger partial charge in [-0.25, -0.2) is 12.8 Å². The van der Waals surface area contributed by atoms with Crippen LogP contribution in [0.2, 0.25) is 0 Å². The first-order chi connectivity index (χ1) is 13.7. The van der Waals surface area contributed by atoms with E-state index in [9.17, 15) is 17.6 Å². The predicted molar refractivity (Wildman–Crippen MR) is 115 cm³/mol. The monoisotopic (exact) mass is 420 g/mol. The maximum absolute atomic E-state index is 14.3. The van der Waals surface area contributed by atoms with Gasteiger partial charge in [-0.15, -0.1) is 0 Å². The van der Waals surface area contributed by atoms with Crippen LogP contribution >= 0.6 is 0 Å². The van der Waals surface area contributed by atoms with E-state index in [1.54, 1.807) is 13.0 Å². The minimum absolute atomic E-state index is 0.126. The van der Waals surface area contributed by atoms with E-state index in [1.807, 2.05) is 6.92 Å². The van der Waals surface area contributed by atoms with Crippen molar-refractivity contribution >= 4 is 21.6 Å². The molecule has 2 rings (SSSR count). The van der Waals surface area contributed by atoms with Crippen LogP contribution in [0.3, 0.4) is 0 Å². The van der Waals surface area contributed by atoms with Crippen LogP contribution in [0.1, 0.15) is 43.9 Å². The second-order valence-electron chi connectivity index (χ2n) is 6.96. The molecule has 0 aliphatic rings.